The van der Waals surface area contributed by atoms with E-state index in [0.717, 1.165) is 5.56 Å². The second-order valence-corrected chi connectivity index (χ2v) is 8.66. The summed E-state index contributed by atoms with van der Waals surface area (Å²) in [4.78, 5) is 0.280. The van der Waals surface area contributed by atoms with E-state index in [1.54, 1.807) is 18.2 Å². The number of benzene rings is 1. The molecule has 1 aromatic rings. The Balaban J connectivity index is 3.09. The highest BCUT2D eigenvalue weighted by Gasteiger charge is 2.15. The molecule has 1 atom stereocenters. The second-order valence-electron chi connectivity index (χ2n) is 3.37. The van der Waals surface area contributed by atoms with Crippen LogP contribution in [0.1, 0.15) is 17.2 Å². The lowest BCUT2D eigenvalue weighted by Crippen LogP contribution is -1.99. The Kier molecular flexibility index (Phi) is 5.73. The first-order chi connectivity index (χ1) is 7.99. The van der Waals surface area contributed by atoms with Crippen molar-refractivity contribution in [1.82, 2.24) is 0 Å². The van der Waals surface area contributed by atoms with E-state index in [9.17, 15) is 8.42 Å². The van der Waals surface area contributed by atoms with E-state index in [1.165, 1.54) is 26.9 Å². The molecule has 0 spiro atoms. The van der Waals surface area contributed by atoms with Crippen molar-refractivity contribution in [3.05, 3.63) is 29.8 Å². The topological polar surface area (TPSA) is 57.9 Å². The van der Waals surface area contributed by atoms with E-state index in [0.29, 0.717) is 6.42 Å². The molecule has 0 aliphatic rings. The summed E-state index contributed by atoms with van der Waals surface area (Å²) in [5.41, 5.74) is 0.834. The normalized spacial score (nSPS) is 13.0. The summed E-state index contributed by atoms with van der Waals surface area (Å²) >= 11 is 4.04. The van der Waals surface area contributed by atoms with Gasteiger partial charge in [-0.1, -0.05) is 34.6 Å². The van der Waals surface area contributed by atoms with E-state index in [2.05, 4.69) is 17.7 Å². The summed E-state index contributed by atoms with van der Waals surface area (Å²) in [6.07, 6.45) is 1.50. The number of hydrogen-bond donors (Lipinski definition) is 1. The van der Waals surface area contributed by atoms with Crippen molar-refractivity contribution in [2.24, 2.45) is 0 Å². The van der Waals surface area contributed by atoms with E-state index in [4.69, 9.17) is 5.26 Å². The molecule has 0 bridgehead atoms. The predicted octanol–water partition coefficient (Wildman–Crippen LogP) is 3.27. The van der Waals surface area contributed by atoms with E-state index >= 15 is 0 Å². The fraction of sp³-hybridized carbons (Fsp3) is 0.300. The molecule has 0 aromatic heterocycles. The number of rotatable bonds is 5. The highest BCUT2D eigenvalue weighted by atomic mass is 33.5. The van der Waals surface area contributed by atoms with Gasteiger partial charge in [0.05, 0.1) is 22.6 Å². The van der Waals surface area contributed by atoms with Crippen LogP contribution in [0.3, 0.4) is 0 Å². The van der Waals surface area contributed by atoms with Crippen LogP contribution in [0.2, 0.25) is 0 Å². The minimum absolute atomic E-state index is 0.0656. The van der Waals surface area contributed by atoms with Crippen LogP contribution in [-0.2, 0) is 9.84 Å². The number of nitriles is 1. The van der Waals surface area contributed by atoms with Crippen LogP contribution in [0.5, 0.6) is 0 Å². The van der Waals surface area contributed by atoms with Gasteiger partial charge in [0.15, 0.2) is 9.84 Å². The molecule has 0 radical (unpaired) electrons. The van der Waals surface area contributed by atoms with Crippen LogP contribution in [0, 0.1) is 11.3 Å². The average molecular weight is 305 g/mol. The van der Waals surface area contributed by atoms with E-state index < -0.39 is 9.84 Å². The first-order valence-electron chi connectivity index (χ1n) is 4.63. The van der Waals surface area contributed by atoms with Gasteiger partial charge in [0.2, 0.25) is 0 Å². The van der Waals surface area contributed by atoms with Crippen LogP contribution < -0.4 is 0 Å². The zero-order valence-electron chi connectivity index (χ0n) is 9.03. The highest BCUT2D eigenvalue weighted by molar-refractivity contribution is 9.05. The smallest absolute Gasteiger partial charge is 0.175 e. The molecular formula is C10H11NO2S4. The maximum absolute atomic E-state index is 11.4. The third-order valence-corrected chi connectivity index (χ3v) is 5.69. The van der Waals surface area contributed by atoms with Gasteiger partial charge in [-0.2, -0.15) is 5.26 Å². The van der Waals surface area contributed by atoms with Gasteiger partial charge in [0.25, 0.3) is 0 Å². The number of thiol groups is 1. The van der Waals surface area contributed by atoms with Crippen molar-refractivity contribution in [3.63, 3.8) is 0 Å². The third kappa shape index (κ3) is 4.47. The number of hydrogen-bond acceptors (Lipinski definition) is 6. The lowest BCUT2D eigenvalue weighted by Gasteiger charge is -2.12. The second kappa shape index (κ2) is 6.59. The molecule has 1 rings (SSSR count). The highest BCUT2D eigenvalue weighted by Crippen LogP contribution is 2.42. The molecule has 1 aromatic carbocycles. The van der Waals surface area contributed by atoms with Crippen molar-refractivity contribution in [2.45, 2.75) is 16.6 Å². The predicted molar refractivity (Wildman–Crippen MR) is 76.7 cm³/mol. The van der Waals surface area contributed by atoms with Crippen molar-refractivity contribution in [2.75, 3.05) is 6.26 Å². The molecule has 0 aliphatic carbocycles. The molecule has 0 saturated carbocycles. The zero-order valence-corrected chi connectivity index (χ0v) is 12.4. The SMILES string of the molecule is CS(=O)(=O)c1cccc(C(CC#N)SSS)c1. The molecule has 0 aliphatic heterocycles. The van der Waals surface area contributed by atoms with Crippen LogP contribution in [-0.4, -0.2) is 14.7 Å². The van der Waals surface area contributed by atoms with E-state index in [1.807, 2.05) is 6.07 Å². The molecule has 1 unspecified atom stereocenters. The molecular weight excluding hydrogens is 294 g/mol. The van der Waals surface area contributed by atoms with Crippen molar-refractivity contribution in [1.29, 1.82) is 5.26 Å². The third-order valence-electron chi connectivity index (χ3n) is 2.09. The molecule has 7 heteroatoms. The van der Waals surface area contributed by atoms with Gasteiger partial charge < -0.3 is 0 Å². The van der Waals surface area contributed by atoms with Crippen molar-refractivity contribution >= 4 is 42.1 Å². The van der Waals surface area contributed by atoms with Crippen LogP contribution >= 0.6 is 32.3 Å². The van der Waals surface area contributed by atoms with Gasteiger partial charge >= 0.3 is 0 Å². The molecule has 92 valence electrons. The summed E-state index contributed by atoms with van der Waals surface area (Å²) in [6.45, 7) is 0. The fourth-order valence-electron chi connectivity index (χ4n) is 1.29. The lowest BCUT2D eigenvalue weighted by atomic mass is 10.1. The first-order valence-corrected chi connectivity index (χ1v) is 9.78. The maximum atomic E-state index is 11.4. The minimum Gasteiger partial charge on any atom is -0.224 e. The summed E-state index contributed by atoms with van der Waals surface area (Å²) in [7, 11) is -0.501. The van der Waals surface area contributed by atoms with Gasteiger partial charge in [-0.05, 0) is 27.5 Å². The summed E-state index contributed by atoms with van der Waals surface area (Å²) < 4.78 is 22.9. The summed E-state index contributed by atoms with van der Waals surface area (Å²) in [5, 5.41) is 8.67. The van der Waals surface area contributed by atoms with Gasteiger partial charge in [-0.15, -0.1) is 0 Å². The van der Waals surface area contributed by atoms with Gasteiger partial charge in [-0.3, -0.25) is 0 Å². The van der Waals surface area contributed by atoms with Crippen molar-refractivity contribution in [3.8, 4) is 6.07 Å². The van der Waals surface area contributed by atoms with Crippen LogP contribution in [0.15, 0.2) is 29.2 Å². The zero-order chi connectivity index (χ0) is 12.9. The molecule has 0 fully saturated rings. The molecule has 0 N–H and O–H groups in total. The summed E-state index contributed by atoms with van der Waals surface area (Å²) in [6, 6.07) is 8.79. The first kappa shape index (κ1) is 14.8. The maximum Gasteiger partial charge on any atom is 0.175 e. The Morgan fingerprint density at radius 2 is 2.24 bits per heavy atom. The number of sulfone groups is 1. The molecule has 0 heterocycles. The standard InChI is InChI=1S/C10H11NO2S4/c1-17(12,13)9-4-2-3-8(7-9)10(5-6-11)15-16-14/h2-4,7,10,14H,5H2,1H3. The minimum atomic E-state index is -3.21. The Morgan fingerprint density at radius 1 is 1.53 bits per heavy atom. The Labute approximate surface area is 114 Å². The Bertz CT molecular complexity index is 521. The molecule has 0 saturated heterocycles. The average Bonchev–Trinajstić information content (AvgIpc) is 2.28. The van der Waals surface area contributed by atoms with Crippen LogP contribution in [0.25, 0.3) is 0 Å². The largest absolute Gasteiger partial charge is 0.224 e. The van der Waals surface area contributed by atoms with Gasteiger partial charge in [0.1, 0.15) is 0 Å². The summed E-state index contributed by atoms with van der Waals surface area (Å²) in [5.74, 6) is 0. The van der Waals surface area contributed by atoms with Crippen LogP contribution in [0.4, 0.5) is 0 Å². The van der Waals surface area contributed by atoms with E-state index in [-0.39, 0.29) is 10.1 Å². The lowest BCUT2D eigenvalue weighted by molar-refractivity contribution is 0.601. The quantitative estimate of drug-likeness (QED) is 0.668. The Morgan fingerprint density at radius 3 is 2.76 bits per heavy atom. The van der Waals surface area contributed by atoms with Crippen molar-refractivity contribution < 1.29 is 8.42 Å². The van der Waals surface area contributed by atoms with Gasteiger partial charge in [-0.25, -0.2) is 8.42 Å². The Hall–Kier alpha value is -0.290. The molecule has 0 amide bonds. The fourth-order valence-corrected chi connectivity index (χ4v) is 4.25. The monoisotopic (exact) mass is 305 g/mol. The number of nitrogens with zero attached hydrogens (tertiary/aromatic N) is 1. The van der Waals surface area contributed by atoms with Gasteiger partial charge in [0, 0.05) is 6.26 Å². The molecule has 3 nitrogen and oxygen atoms in total. The molecule has 17 heavy (non-hydrogen) atoms.